The summed E-state index contributed by atoms with van der Waals surface area (Å²) >= 11 is 1.61. The number of nitrogens with zero attached hydrogens (tertiary/aromatic N) is 3. The zero-order chi connectivity index (χ0) is 28.2. The van der Waals surface area contributed by atoms with E-state index in [-0.39, 0.29) is 0 Å². The van der Waals surface area contributed by atoms with E-state index in [0.717, 1.165) is 85.8 Å². The molecular weight excluding hydrogens is 514 g/mol. The fourth-order valence-electron chi connectivity index (χ4n) is 4.83. The number of rotatable bonds is 4. The highest BCUT2D eigenvalue weighted by atomic mass is 32.1. The molecule has 2 aromatic carbocycles. The van der Waals surface area contributed by atoms with E-state index in [4.69, 9.17) is 14.5 Å². The van der Waals surface area contributed by atoms with Crippen molar-refractivity contribution in [2.24, 2.45) is 0 Å². The summed E-state index contributed by atoms with van der Waals surface area (Å²) in [6.07, 6.45) is 2.27. The Labute approximate surface area is 239 Å². The average molecular weight is 546 g/mol. The lowest BCUT2D eigenvalue weighted by Gasteiger charge is -2.01. The van der Waals surface area contributed by atoms with Crippen molar-refractivity contribution in [1.29, 1.82) is 0 Å². The molecule has 40 heavy (non-hydrogen) atoms. The molecule has 0 N–H and O–H groups in total. The first-order chi connectivity index (χ1) is 19.6. The van der Waals surface area contributed by atoms with Crippen LogP contribution in [-0.2, 0) is 0 Å². The number of benzene rings is 2. The largest absolute Gasteiger partial charge is 0.497 e. The Morgan fingerprint density at radius 1 is 0.775 bits per heavy atom. The molecule has 0 atom stereocenters. The van der Waals surface area contributed by atoms with Gasteiger partial charge in [-0.15, -0.1) is 11.3 Å². The molecular formula is C34H31N3O2S. The summed E-state index contributed by atoms with van der Waals surface area (Å²) in [5, 5.41) is 5.12. The van der Waals surface area contributed by atoms with Crippen LogP contribution in [0, 0.1) is 42.7 Å². The minimum Gasteiger partial charge on any atom is -0.497 e. The van der Waals surface area contributed by atoms with Gasteiger partial charge in [0.1, 0.15) is 22.2 Å². The maximum Gasteiger partial charge on any atom is 0.127 e. The molecule has 0 aliphatic heterocycles. The van der Waals surface area contributed by atoms with Crippen molar-refractivity contribution in [3.8, 4) is 69.1 Å². The Morgan fingerprint density at radius 3 is 2.15 bits per heavy atom. The standard InChI is InChI=1S/C34H31N3O2S/c1-7-10-13-30-33(26-16-14-25(39-6)21-31(26)37(30)19-12-9-3)34-35-28(22-40-34)32-23(4)36(18-11-8-2)29-17-15-24(38-5)20-27(29)32/h14-17,20-22H,7-9H2,1-6H3. The third-order valence-corrected chi connectivity index (χ3v) is 7.54. The summed E-state index contributed by atoms with van der Waals surface area (Å²) < 4.78 is 15.2. The molecule has 3 heterocycles. The summed E-state index contributed by atoms with van der Waals surface area (Å²) in [4.78, 5) is 5.22. The van der Waals surface area contributed by atoms with Crippen LogP contribution in [0.4, 0.5) is 0 Å². The third-order valence-electron chi connectivity index (χ3n) is 6.68. The SMILES string of the molecule is CCC#Cc1c(-c2nc(-c3c(C)n(C#CCC)c4ccc(OC)cc34)cs2)c2ccc(OC)cc2n1C#CCC. The summed E-state index contributed by atoms with van der Waals surface area (Å²) in [5.41, 5.74) is 6.84. The Hall–Kier alpha value is -4.57. The van der Waals surface area contributed by atoms with E-state index in [1.54, 1.807) is 25.6 Å². The number of fused-ring (bicyclic) bond motifs is 2. The van der Waals surface area contributed by atoms with E-state index in [1.165, 1.54) is 0 Å². The molecule has 0 aliphatic rings. The number of aromatic nitrogens is 3. The van der Waals surface area contributed by atoms with Crippen LogP contribution in [0.5, 0.6) is 11.5 Å². The minimum absolute atomic E-state index is 0.744. The molecule has 5 nitrogen and oxygen atoms in total. The van der Waals surface area contributed by atoms with Gasteiger partial charge in [0, 0.05) is 64.8 Å². The summed E-state index contributed by atoms with van der Waals surface area (Å²) in [5.74, 6) is 14.7. The Morgan fingerprint density at radius 2 is 1.45 bits per heavy atom. The number of hydrogen-bond donors (Lipinski definition) is 0. The van der Waals surface area contributed by atoms with E-state index >= 15 is 0 Å². The van der Waals surface area contributed by atoms with Crippen LogP contribution in [0.25, 0.3) is 43.6 Å². The Balaban J connectivity index is 1.78. The highest BCUT2D eigenvalue weighted by Gasteiger charge is 2.23. The lowest BCUT2D eigenvalue weighted by Crippen LogP contribution is -1.94. The fraction of sp³-hybridized carbons (Fsp3) is 0.265. The van der Waals surface area contributed by atoms with Crippen LogP contribution in [0.3, 0.4) is 0 Å². The van der Waals surface area contributed by atoms with E-state index < -0.39 is 0 Å². The smallest absolute Gasteiger partial charge is 0.127 e. The highest BCUT2D eigenvalue weighted by Crippen LogP contribution is 2.42. The van der Waals surface area contributed by atoms with Crippen LogP contribution in [0.1, 0.15) is 51.4 Å². The van der Waals surface area contributed by atoms with Gasteiger partial charge in [-0.25, -0.2) is 4.98 Å². The summed E-state index contributed by atoms with van der Waals surface area (Å²) in [7, 11) is 3.37. The van der Waals surface area contributed by atoms with Gasteiger partial charge in [-0.05, 0) is 43.2 Å². The quantitative estimate of drug-likeness (QED) is 0.216. The van der Waals surface area contributed by atoms with Crippen molar-refractivity contribution in [2.75, 3.05) is 14.2 Å². The van der Waals surface area contributed by atoms with Crippen LogP contribution >= 0.6 is 11.3 Å². The lowest BCUT2D eigenvalue weighted by molar-refractivity contribution is 0.415. The highest BCUT2D eigenvalue weighted by molar-refractivity contribution is 7.13. The molecule has 0 bridgehead atoms. The number of thiazole rings is 1. The van der Waals surface area contributed by atoms with Gasteiger partial charge >= 0.3 is 0 Å². The second-order valence-corrected chi connectivity index (χ2v) is 9.96. The lowest BCUT2D eigenvalue weighted by atomic mass is 10.1. The Kier molecular flexibility index (Phi) is 7.88. The second kappa shape index (κ2) is 11.7. The molecule has 3 aromatic heterocycles. The predicted molar refractivity (Wildman–Crippen MR) is 166 cm³/mol. The molecule has 5 aromatic rings. The first-order valence-electron chi connectivity index (χ1n) is 13.4. The monoisotopic (exact) mass is 545 g/mol. The normalized spacial score (nSPS) is 10.4. The molecule has 5 rings (SSSR count). The number of methoxy groups -OCH3 is 2. The van der Waals surface area contributed by atoms with Gasteiger partial charge in [0.05, 0.1) is 36.5 Å². The molecule has 200 valence electrons. The van der Waals surface area contributed by atoms with E-state index in [2.05, 4.69) is 84.7 Å². The summed E-state index contributed by atoms with van der Waals surface area (Å²) in [6.45, 7) is 8.25. The van der Waals surface area contributed by atoms with E-state index in [1.807, 2.05) is 29.7 Å². The number of hydrogen-bond acceptors (Lipinski definition) is 4. The van der Waals surface area contributed by atoms with Crippen molar-refractivity contribution in [2.45, 2.75) is 47.0 Å². The maximum atomic E-state index is 5.57. The van der Waals surface area contributed by atoms with Gasteiger partial charge in [0.2, 0.25) is 0 Å². The van der Waals surface area contributed by atoms with E-state index in [0.29, 0.717) is 0 Å². The average Bonchev–Trinajstić information content (AvgIpc) is 3.64. The van der Waals surface area contributed by atoms with E-state index in [9.17, 15) is 0 Å². The van der Waals surface area contributed by atoms with Gasteiger partial charge in [0.25, 0.3) is 0 Å². The first kappa shape index (κ1) is 27.0. The van der Waals surface area contributed by atoms with Gasteiger partial charge < -0.3 is 9.47 Å². The van der Waals surface area contributed by atoms with Gasteiger partial charge in [-0.3, -0.25) is 9.13 Å². The van der Waals surface area contributed by atoms with Crippen molar-refractivity contribution >= 4 is 33.1 Å². The molecule has 0 aliphatic carbocycles. The van der Waals surface area contributed by atoms with Gasteiger partial charge in [-0.1, -0.05) is 38.5 Å². The zero-order valence-corrected chi connectivity index (χ0v) is 24.5. The maximum absolute atomic E-state index is 5.57. The van der Waals surface area contributed by atoms with Crippen LogP contribution in [0.15, 0.2) is 41.8 Å². The van der Waals surface area contributed by atoms with Gasteiger partial charge in [-0.2, -0.15) is 0 Å². The second-order valence-electron chi connectivity index (χ2n) is 9.10. The van der Waals surface area contributed by atoms with Crippen molar-refractivity contribution in [1.82, 2.24) is 14.1 Å². The van der Waals surface area contributed by atoms with Crippen LogP contribution in [-0.4, -0.2) is 28.3 Å². The molecule has 0 spiro atoms. The van der Waals surface area contributed by atoms with Crippen molar-refractivity contribution in [3.05, 3.63) is 53.2 Å². The zero-order valence-electron chi connectivity index (χ0n) is 23.7. The molecule has 0 fully saturated rings. The van der Waals surface area contributed by atoms with Crippen LogP contribution in [0.2, 0.25) is 0 Å². The molecule has 0 radical (unpaired) electrons. The molecule has 0 amide bonds. The molecule has 0 saturated heterocycles. The third kappa shape index (κ3) is 4.71. The predicted octanol–water partition coefficient (Wildman–Crippen LogP) is 7.91. The fourth-order valence-corrected chi connectivity index (χ4v) is 5.70. The Bertz CT molecular complexity index is 1920. The molecule has 0 saturated carbocycles. The van der Waals surface area contributed by atoms with Crippen molar-refractivity contribution < 1.29 is 9.47 Å². The van der Waals surface area contributed by atoms with Crippen molar-refractivity contribution in [3.63, 3.8) is 0 Å². The summed E-state index contributed by atoms with van der Waals surface area (Å²) in [6, 6.07) is 18.8. The molecule has 6 heteroatoms. The van der Waals surface area contributed by atoms with Crippen LogP contribution < -0.4 is 9.47 Å². The first-order valence-corrected chi connectivity index (χ1v) is 14.3. The number of ether oxygens (including phenoxy) is 2. The minimum atomic E-state index is 0.744. The topological polar surface area (TPSA) is 41.2 Å². The molecule has 0 unspecified atom stereocenters. The van der Waals surface area contributed by atoms with Gasteiger partial charge in [0.15, 0.2) is 0 Å².